The van der Waals surface area contributed by atoms with Crippen LogP contribution in [0.3, 0.4) is 0 Å². The predicted molar refractivity (Wildman–Crippen MR) is 45.4 cm³/mol. The maximum absolute atomic E-state index is 2.38. The minimum absolute atomic E-state index is 0.397. The third kappa shape index (κ3) is 3.79. The van der Waals surface area contributed by atoms with Crippen LogP contribution in [-0.2, 0) is 20.4 Å². The number of hydrogen-bond acceptors (Lipinski definition) is 0. The van der Waals surface area contributed by atoms with Crippen LogP contribution in [0.25, 0.3) is 0 Å². The molecule has 2 heteroatoms. The first-order chi connectivity index (χ1) is 4.80. The van der Waals surface area contributed by atoms with Crippen LogP contribution in [0.2, 0.25) is 21.6 Å². The van der Waals surface area contributed by atoms with Gasteiger partial charge in [-0.15, -0.1) is 11.6 Å². The zero-order valence-electron chi connectivity index (χ0n) is 6.96. The van der Waals surface area contributed by atoms with Crippen molar-refractivity contribution in [1.82, 2.24) is 0 Å². The van der Waals surface area contributed by atoms with E-state index in [4.69, 9.17) is 0 Å². The summed E-state index contributed by atoms with van der Waals surface area (Å²) in [6, 6.07) is 0. The fourth-order valence-corrected chi connectivity index (χ4v) is 2.04. The quantitative estimate of drug-likeness (QED) is 0.551. The summed E-state index contributed by atoms with van der Waals surface area (Å²) < 4.78 is 0.843. The van der Waals surface area contributed by atoms with E-state index in [-0.39, 0.29) is 0 Å². The van der Waals surface area contributed by atoms with Crippen LogP contribution in [-0.4, -0.2) is 14.1 Å². The van der Waals surface area contributed by atoms with E-state index in [1.165, 1.54) is 0 Å². The Balaban J connectivity index is 0.000000371. The monoisotopic (exact) mass is 185 g/mol. The fourth-order valence-electron chi connectivity index (χ4n) is 0.893. The first-order valence-corrected chi connectivity index (χ1v) is 8.19. The summed E-state index contributed by atoms with van der Waals surface area (Å²) in [6.45, 7) is 0. The second-order valence-corrected chi connectivity index (χ2v) is 5.85. The SMILES string of the molecule is [CH3][Al]([CH3])[CH]1C=CC=C1.[CH3][Ti]. The van der Waals surface area contributed by atoms with E-state index in [2.05, 4.69) is 35.9 Å². The van der Waals surface area contributed by atoms with Crippen molar-refractivity contribution >= 4 is 14.1 Å². The van der Waals surface area contributed by atoms with E-state index in [1.807, 2.05) is 25.7 Å². The van der Waals surface area contributed by atoms with Gasteiger partial charge in [0.1, 0.15) is 0 Å². The first-order valence-electron chi connectivity index (χ1n) is 3.65. The van der Waals surface area contributed by atoms with E-state index in [0.717, 1.165) is 4.78 Å². The molecule has 1 rings (SSSR count). The Morgan fingerprint density at radius 2 is 1.50 bits per heavy atom. The van der Waals surface area contributed by atoms with Crippen molar-refractivity contribution in [3.8, 4) is 0 Å². The van der Waals surface area contributed by atoms with Gasteiger partial charge in [-0.1, -0.05) is 24.3 Å². The van der Waals surface area contributed by atoms with Crippen LogP contribution < -0.4 is 0 Å². The van der Waals surface area contributed by atoms with Crippen molar-refractivity contribution in [2.24, 2.45) is 0 Å². The van der Waals surface area contributed by atoms with Gasteiger partial charge in [-0.3, -0.25) is 0 Å². The third-order valence-electron chi connectivity index (χ3n) is 1.55. The van der Waals surface area contributed by atoms with Crippen molar-refractivity contribution in [3.05, 3.63) is 24.3 Å². The summed E-state index contributed by atoms with van der Waals surface area (Å²) in [5, 5.41) is 2.00. The van der Waals surface area contributed by atoms with Gasteiger partial charge >= 0.3 is 25.7 Å². The van der Waals surface area contributed by atoms with E-state index in [9.17, 15) is 0 Å². The third-order valence-corrected chi connectivity index (χ3v) is 3.53. The molecule has 1 aliphatic carbocycles. The molecule has 0 aromatic carbocycles. The molecule has 0 unspecified atom stereocenters. The Bertz CT molecular complexity index is 115. The molecule has 0 bridgehead atoms. The number of rotatable bonds is 1. The van der Waals surface area contributed by atoms with Crippen molar-refractivity contribution in [2.45, 2.75) is 21.6 Å². The molecule has 0 radical (unpaired) electrons. The van der Waals surface area contributed by atoms with Crippen LogP contribution in [0, 0.1) is 0 Å². The van der Waals surface area contributed by atoms with Gasteiger partial charge in [0.25, 0.3) is 14.1 Å². The zero-order valence-corrected chi connectivity index (χ0v) is 9.68. The van der Waals surface area contributed by atoms with Crippen LogP contribution >= 0.6 is 0 Å². The minimum atomic E-state index is -0.397. The molecule has 0 fully saturated rings. The Morgan fingerprint density at radius 3 is 1.70 bits per heavy atom. The van der Waals surface area contributed by atoms with Gasteiger partial charge in [0, 0.05) is 0 Å². The van der Waals surface area contributed by atoms with Gasteiger partial charge in [0.05, 0.1) is 0 Å². The molecule has 0 aromatic rings. The van der Waals surface area contributed by atoms with Crippen LogP contribution in [0.15, 0.2) is 24.3 Å². The van der Waals surface area contributed by atoms with Gasteiger partial charge in [-0.2, -0.15) is 0 Å². The molecule has 0 aliphatic heterocycles. The topological polar surface area (TPSA) is 0 Å². The van der Waals surface area contributed by atoms with Gasteiger partial charge in [-0.05, 0) is 4.78 Å². The van der Waals surface area contributed by atoms with Crippen LogP contribution in [0.5, 0.6) is 0 Å². The van der Waals surface area contributed by atoms with E-state index in [0.29, 0.717) is 0 Å². The molecule has 1 aliphatic rings. The fraction of sp³-hybridized carbons (Fsp3) is 0.500. The average molecular weight is 185 g/mol. The molecule has 53 valence electrons. The molecular formula is C8H14AlTi. The molecule has 0 heterocycles. The van der Waals surface area contributed by atoms with Crippen molar-refractivity contribution in [1.29, 1.82) is 0 Å². The van der Waals surface area contributed by atoms with E-state index < -0.39 is 14.1 Å². The Morgan fingerprint density at radius 1 is 1.10 bits per heavy atom. The standard InChI is InChI=1S/C5H5.3CH3.Al.Ti/c1-2-4-5-3-1;;;;;/h1-5H;3*1H3;;. The van der Waals surface area contributed by atoms with Gasteiger partial charge in [0.2, 0.25) is 0 Å². The summed E-state index contributed by atoms with van der Waals surface area (Å²) in [6.07, 6.45) is 8.91. The van der Waals surface area contributed by atoms with Gasteiger partial charge in [-0.25, -0.2) is 0 Å². The molecule has 0 spiro atoms. The van der Waals surface area contributed by atoms with Gasteiger partial charge < -0.3 is 0 Å². The first kappa shape index (κ1) is 10.7. The molecule has 0 saturated carbocycles. The number of allylic oxidation sites excluding steroid dienone is 4. The maximum atomic E-state index is 2.38. The summed E-state index contributed by atoms with van der Waals surface area (Å²) in [4.78, 5) is 0. The van der Waals surface area contributed by atoms with E-state index >= 15 is 0 Å². The normalized spacial score (nSPS) is 14.6. The zero-order chi connectivity index (χ0) is 7.98. The van der Waals surface area contributed by atoms with Crippen molar-refractivity contribution < 1.29 is 20.4 Å². The Hall–Kier alpha value is 0.727. The van der Waals surface area contributed by atoms with Crippen LogP contribution in [0.4, 0.5) is 0 Å². The number of hydrogen-bond donors (Lipinski definition) is 0. The van der Waals surface area contributed by atoms with Crippen molar-refractivity contribution in [3.63, 3.8) is 0 Å². The second kappa shape index (κ2) is 6.44. The predicted octanol–water partition coefficient (Wildman–Crippen LogP) is 2.82. The summed E-state index contributed by atoms with van der Waals surface area (Å²) in [7, 11) is 0. The van der Waals surface area contributed by atoms with Crippen LogP contribution in [0.1, 0.15) is 0 Å². The summed E-state index contributed by atoms with van der Waals surface area (Å²) in [5.74, 6) is 4.76. The second-order valence-electron chi connectivity index (χ2n) is 2.59. The Labute approximate surface area is 80.2 Å². The van der Waals surface area contributed by atoms with E-state index in [1.54, 1.807) is 0 Å². The average Bonchev–Trinajstić information content (AvgIpc) is 2.42. The molecular weight excluding hydrogens is 171 g/mol. The molecule has 0 saturated heterocycles. The molecule has 0 nitrogen and oxygen atoms in total. The molecule has 0 N–H and O–H groups in total. The molecule has 0 aromatic heterocycles. The summed E-state index contributed by atoms with van der Waals surface area (Å²) >= 11 is 1.60. The van der Waals surface area contributed by atoms with Crippen molar-refractivity contribution in [2.75, 3.05) is 0 Å². The summed E-state index contributed by atoms with van der Waals surface area (Å²) in [5.41, 5.74) is 0. The molecule has 0 amide bonds. The Kier molecular flexibility index (Phi) is 6.91. The molecule has 10 heavy (non-hydrogen) atoms. The van der Waals surface area contributed by atoms with Gasteiger partial charge in [0.15, 0.2) is 0 Å². The molecule has 0 atom stereocenters.